The molecule has 124 valence electrons. The van der Waals surface area contributed by atoms with Crippen LogP contribution in [0.4, 0.5) is 0 Å². The normalized spacial score (nSPS) is 19.7. The van der Waals surface area contributed by atoms with E-state index in [2.05, 4.69) is 25.2 Å². The fourth-order valence-electron chi connectivity index (χ4n) is 3.34. The molecule has 1 fully saturated rings. The SMILES string of the molecule is CCCCCC/C=C/C=C1/CCCC1CC(=O)c1ccccc1. The van der Waals surface area contributed by atoms with Crippen molar-refractivity contribution in [3.8, 4) is 0 Å². The molecule has 2 rings (SSSR count). The van der Waals surface area contributed by atoms with Crippen LogP contribution >= 0.6 is 0 Å². The Morgan fingerprint density at radius 3 is 2.78 bits per heavy atom. The lowest BCUT2D eigenvalue weighted by Crippen LogP contribution is -2.07. The van der Waals surface area contributed by atoms with Gasteiger partial charge in [-0.15, -0.1) is 0 Å². The van der Waals surface area contributed by atoms with E-state index in [1.165, 1.54) is 44.1 Å². The van der Waals surface area contributed by atoms with Crippen molar-refractivity contribution in [3.05, 3.63) is 59.7 Å². The second kappa shape index (κ2) is 10.2. The molecule has 1 aliphatic rings. The second-order valence-corrected chi connectivity index (χ2v) is 6.60. The van der Waals surface area contributed by atoms with E-state index in [1.807, 2.05) is 30.3 Å². The number of allylic oxidation sites excluding steroid dienone is 4. The molecular weight excluding hydrogens is 280 g/mol. The molecule has 23 heavy (non-hydrogen) atoms. The number of Topliss-reactive ketones (excluding diaryl/α,β-unsaturated/α-hetero) is 1. The molecule has 1 saturated carbocycles. The minimum atomic E-state index is 0.284. The highest BCUT2D eigenvalue weighted by molar-refractivity contribution is 5.96. The lowest BCUT2D eigenvalue weighted by Gasteiger charge is -2.10. The zero-order valence-corrected chi connectivity index (χ0v) is 14.5. The average Bonchev–Trinajstić information content (AvgIpc) is 3.02. The summed E-state index contributed by atoms with van der Waals surface area (Å²) < 4.78 is 0. The third kappa shape index (κ3) is 6.17. The van der Waals surface area contributed by atoms with Crippen LogP contribution in [0.25, 0.3) is 0 Å². The first kappa shape index (κ1) is 17.7. The Labute approximate surface area is 141 Å². The molecule has 0 spiro atoms. The Kier molecular flexibility index (Phi) is 7.86. The van der Waals surface area contributed by atoms with E-state index in [0.29, 0.717) is 12.3 Å². The van der Waals surface area contributed by atoms with Crippen LogP contribution in [0.3, 0.4) is 0 Å². The van der Waals surface area contributed by atoms with Gasteiger partial charge in [-0.1, -0.05) is 80.3 Å². The first-order chi connectivity index (χ1) is 11.3. The van der Waals surface area contributed by atoms with Gasteiger partial charge in [0.25, 0.3) is 0 Å². The Balaban J connectivity index is 1.81. The van der Waals surface area contributed by atoms with Gasteiger partial charge in [0.2, 0.25) is 0 Å². The van der Waals surface area contributed by atoms with Crippen molar-refractivity contribution in [1.29, 1.82) is 0 Å². The topological polar surface area (TPSA) is 17.1 Å². The smallest absolute Gasteiger partial charge is 0.163 e. The van der Waals surface area contributed by atoms with Gasteiger partial charge in [-0.25, -0.2) is 0 Å². The maximum Gasteiger partial charge on any atom is 0.163 e. The summed E-state index contributed by atoms with van der Waals surface area (Å²) in [4.78, 5) is 12.4. The van der Waals surface area contributed by atoms with E-state index in [0.717, 1.165) is 18.4 Å². The molecule has 1 aromatic carbocycles. The van der Waals surface area contributed by atoms with Crippen LogP contribution in [-0.4, -0.2) is 5.78 Å². The summed E-state index contributed by atoms with van der Waals surface area (Å²) in [5.41, 5.74) is 2.32. The molecule has 0 heterocycles. The standard InChI is InChI=1S/C22H30O/c1-2-3-4-5-6-7-9-13-19-16-12-17-21(19)18-22(23)20-14-10-8-11-15-20/h7-11,13-15,21H,2-6,12,16-18H2,1H3/b9-7+,19-13-. The first-order valence-electron chi connectivity index (χ1n) is 9.25. The monoisotopic (exact) mass is 310 g/mol. The summed E-state index contributed by atoms with van der Waals surface area (Å²) in [5, 5.41) is 0. The molecule has 1 unspecified atom stereocenters. The van der Waals surface area contributed by atoms with Crippen LogP contribution < -0.4 is 0 Å². The fraction of sp³-hybridized carbons (Fsp3) is 0.500. The van der Waals surface area contributed by atoms with Crippen LogP contribution in [0, 0.1) is 5.92 Å². The van der Waals surface area contributed by atoms with Crippen molar-refractivity contribution in [1.82, 2.24) is 0 Å². The molecule has 1 atom stereocenters. The quantitative estimate of drug-likeness (QED) is 0.375. The molecule has 0 aromatic heterocycles. The molecule has 1 heteroatoms. The predicted octanol–water partition coefficient (Wildman–Crippen LogP) is 6.51. The molecule has 0 amide bonds. The van der Waals surface area contributed by atoms with E-state index >= 15 is 0 Å². The van der Waals surface area contributed by atoms with Crippen LogP contribution in [0.15, 0.2) is 54.1 Å². The summed E-state index contributed by atoms with van der Waals surface area (Å²) in [6.07, 6.45) is 17.4. The Morgan fingerprint density at radius 2 is 2.00 bits per heavy atom. The second-order valence-electron chi connectivity index (χ2n) is 6.60. The number of unbranched alkanes of at least 4 members (excludes halogenated alkanes) is 4. The summed E-state index contributed by atoms with van der Waals surface area (Å²) in [6, 6.07) is 9.70. The van der Waals surface area contributed by atoms with Gasteiger partial charge in [0.15, 0.2) is 5.78 Å². The van der Waals surface area contributed by atoms with Crippen molar-refractivity contribution in [3.63, 3.8) is 0 Å². The van der Waals surface area contributed by atoms with Gasteiger partial charge in [-0.2, -0.15) is 0 Å². The molecule has 0 aliphatic heterocycles. The molecule has 0 N–H and O–H groups in total. The molecule has 1 nitrogen and oxygen atoms in total. The Hall–Kier alpha value is -1.63. The summed E-state index contributed by atoms with van der Waals surface area (Å²) in [7, 11) is 0. The average molecular weight is 310 g/mol. The van der Waals surface area contributed by atoms with Gasteiger partial charge >= 0.3 is 0 Å². The highest BCUT2D eigenvalue weighted by Gasteiger charge is 2.23. The highest BCUT2D eigenvalue weighted by atomic mass is 16.1. The van der Waals surface area contributed by atoms with Crippen LogP contribution in [0.1, 0.15) is 75.1 Å². The third-order valence-corrected chi connectivity index (χ3v) is 4.74. The largest absolute Gasteiger partial charge is 0.294 e. The van der Waals surface area contributed by atoms with Gasteiger partial charge < -0.3 is 0 Å². The van der Waals surface area contributed by atoms with Gasteiger partial charge in [-0.3, -0.25) is 4.79 Å². The summed E-state index contributed by atoms with van der Waals surface area (Å²) in [5.74, 6) is 0.736. The highest BCUT2D eigenvalue weighted by Crippen LogP contribution is 2.34. The molecule has 0 radical (unpaired) electrons. The van der Waals surface area contributed by atoms with Crippen LogP contribution in [0.5, 0.6) is 0 Å². The fourth-order valence-corrected chi connectivity index (χ4v) is 3.34. The molecule has 0 saturated heterocycles. The number of carbonyl (C=O) groups excluding carboxylic acids is 1. The van der Waals surface area contributed by atoms with Crippen molar-refractivity contribution in [2.24, 2.45) is 5.92 Å². The zero-order chi connectivity index (χ0) is 16.3. The van der Waals surface area contributed by atoms with Crippen molar-refractivity contribution >= 4 is 5.78 Å². The third-order valence-electron chi connectivity index (χ3n) is 4.74. The number of hydrogen-bond donors (Lipinski definition) is 0. The van der Waals surface area contributed by atoms with Crippen molar-refractivity contribution in [2.75, 3.05) is 0 Å². The van der Waals surface area contributed by atoms with Gasteiger partial charge in [0.05, 0.1) is 0 Å². The Bertz CT molecular complexity index is 524. The van der Waals surface area contributed by atoms with E-state index < -0.39 is 0 Å². The minimum Gasteiger partial charge on any atom is -0.294 e. The van der Waals surface area contributed by atoms with E-state index in [1.54, 1.807) is 0 Å². The minimum absolute atomic E-state index is 0.284. The lowest BCUT2D eigenvalue weighted by molar-refractivity contribution is 0.0968. The number of benzene rings is 1. The first-order valence-corrected chi connectivity index (χ1v) is 9.25. The van der Waals surface area contributed by atoms with E-state index in [9.17, 15) is 4.79 Å². The van der Waals surface area contributed by atoms with Crippen LogP contribution in [-0.2, 0) is 0 Å². The van der Waals surface area contributed by atoms with E-state index in [4.69, 9.17) is 0 Å². The summed E-state index contributed by atoms with van der Waals surface area (Å²) in [6.45, 7) is 2.25. The predicted molar refractivity (Wildman–Crippen MR) is 98.7 cm³/mol. The van der Waals surface area contributed by atoms with Gasteiger partial charge in [0, 0.05) is 12.0 Å². The maximum absolute atomic E-state index is 12.4. The van der Waals surface area contributed by atoms with Gasteiger partial charge in [-0.05, 0) is 38.0 Å². The van der Waals surface area contributed by atoms with Crippen LogP contribution in [0.2, 0.25) is 0 Å². The molecule has 1 aromatic rings. The Morgan fingerprint density at radius 1 is 1.17 bits per heavy atom. The number of carbonyl (C=O) groups is 1. The van der Waals surface area contributed by atoms with E-state index in [-0.39, 0.29) is 5.78 Å². The summed E-state index contributed by atoms with van der Waals surface area (Å²) >= 11 is 0. The number of hydrogen-bond acceptors (Lipinski definition) is 1. The molecule has 0 bridgehead atoms. The van der Waals surface area contributed by atoms with Crippen molar-refractivity contribution < 1.29 is 4.79 Å². The number of rotatable bonds is 9. The van der Waals surface area contributed by atoms with Crippen molar-refractivity contribution in [2.45, 2.75) is 64.7 Å². The van der Waals surface area contributed by atoms with Gasteiger partial charge in [0.1, 0.15) is 0 Å². The molecule has 1 aliphatic carbocycles. The maximum atomic E-state index is 12.4. The molecular formula is C22H30O. The zero-order valence-electron chi connectivity index (χ0n) is 14.5. The lowest BCUT2D eigenvalue weighted by atomic mass is 9.93. The number of ketones is 1.